The molecule has 1 saturated heterocycles. The second-order valence-electron chi connectivity index (χ2n) is 6.23. The number of pyridine rings is 1. The van der Waals surface area contributed by atoms with Crippen molar-refractivity contribution in [2.24, 2.45) is 0 Å². The lowest BCUT2D eigenvalue weighted by Gasteiger charge is -2.19. The maximum absolute atomic E-state index is 14.5. The van der Waals surface area contributed by atoms with Gasteiger partial charge in [-0.05, 0) is 31.0 Å². The minimum Gasteiger partial charge on any atom is -0.357 e. The highest BCUT2D eigenvalue weighted by Crippen LogP contribution is 2.19. The second kappa shape index (κ2) is 6.07. The van der Waals surface area contributed by atoms with E-state index in [9.17, 15) is 4.39 Å². The number of rotatable bonds is 3. The van der Waals surface area contributed by atoms with Gasteiger partial charge in [-0.2, -0.15) is 0 Å². The molecule has 1 aliphatic rings. The topological polar surface area (TPSA) is 44.9 Å². The molecule has 0 aliphatic carbocycles. The number of halogens is 1. The SMILES string of the molecule is N=C(c1ccc(Cn2ccc3cnccc32)c(F)c1)N1CCCC1. The zero-order valence-corrected chi connectivity index (χ0v) is 13.4. The van der Waals surface area contributed by atoms with Crippen LogP contribution < -0.4 is 0 Å². The van der Waals surface area contributed by atoms with Crippen molar-refractivity contribution in [2.45, 2.75) is 19.4 Å². The van der Waals surface area contributed by atoms with E-state index >= 15 is 0 Å². The molecule has 1 aromatic carbocycles. The lowest BCUT2D eigenvalue weighted by Crippen LogP contribution is -2.27. The van der Waals surface area contributed by atoms with Crippen molar-refractivity contribution in [3.63, 3.8) is 0 Å². The number of nitrogens with zero attached hydrogens (tertiary/aromatic N) is 3. The summed E-state index contributed by atoms with van der Waals surface area (Å²) in [6.07, 6.45) is 7.72. The van der Waals surface area contributed by atoms with E-state index in [4.69, 9.17) is 5.41 Å². The van der Waals surface area contributed by atoms with Gasteiger partial charge in [0.05, 0.1) is 12.1 Å². The first kappa shape index (κ1) is 14.9. The lowest BCUT2D eigenvalue weighted by atomic mass is 10.1. The molecule has 1 aliphatic heterocycles. The van der Waals surface area contributed by atoms with Crippen molar-refractivity contribution in [3.05, 3.63) is 65.9 Å². The first-order valence-corrected chi connectivity index (χ1v) is 8.23. The Kier molecular flexibility index (Phi) is 3.76. The predicted molar refractivity (Wildman–Crippen MR) is 92.9 cm³/mol. The number of likely N-dealkylation sites (tertiary alicyclic amines) is 1. The van der Waals surface area contributed by atoms with Gasteiger partial charge in [-0.3, -0.25) is 10.4 Å². The molecule has 0 saturated carbocycles. The Balaban J connectivity index is 1.59. The van der Waals surface area contributed by atoms with Gasteiger partial charge in [0.2, 0.25) is 0 Å². The third kappa shape index (κ3) is 2.66. The van der Waals surface area contributed by atoms with E-state index < -0.39 is 0 Å². The molecule has 5 heteroatoms. The van der Waals surface area contributed by atoms with Crippen LogP contribution in [0.5, 0.6) is 0 Å². The largest absolute Gasteiger partial charge is 0.357 e. The minimum absolute atomic E-state index is 0.257. The van der Waals surface area contributed by atoms with Crippen LogP contribution in [0, 0.1) is 11.2 Å². The summed E-state index contributed by atoms with van der Waals surface area (Å²) in [7, 11) is 0. The summed E-state index contributed by atoms with van der Waals surface area (Å²) in [5.41, 5.74) is 2.32. The number of benzene rings is 1. The zero-order valence-electron chi connectivity index (χ0n) is 13.4. The van der Waals surface area contributed by atoms with Gasteiger partial charge in [0.15, 0.2) is 0 Å². The van der Waals surface area contributed by atoms with Gasteiger partial charge in [-0.15, -0.1) is 0 Å². The molecule has 24 heavy (non-hydrogen) atoms. The normalized spacial score (nSPS) is 14.5. The summed E-state index contributed by atoms with van der Waals surface area (Å²) < 4.78 is 16.6. The van der Waals surface area contributed by atoms with E-state index in [1.807, 2.05) is 40.1 Å². The number of fused-ring (bicyclic) bond motifs is 1. The fraction of sp³-hybridized carbons (Fsp3) is 0.263. The summed E-state index contributed by atoms with van der Waals surface area (Å²) in [6.45, 7) is 2.26. The number of amidine groups is 1. The van der Waals surface area contributed by atoms with Crippen molar-refractivity contribution in [2.75, 3.05) is 13.1 Å². The Labute approximate surface area is 140 Å². The first-order chi connectivity index (χ1) is 11.7. The van der Waals surface area contributed by atoms with Gasteiger partial charge in [-0.1, -0.05) is 12.1 Å². The van der Waals surface area contributed by atoms with Crippen molar-refractivity contribution >= 4 is 16.7 Å². The van der Waals surface area contributed by atoms with Gasteiger partial charge >= 0.3 is 0 Å². The molecule has 1 N–H and O–H groups in total. The van der Waals surface area contributed by atoms with Crippen LogP contribution in [0.2, 0.25) is 0 Å². The van der Waals surface area contributed by atoms with Crippen molar-refractivity contribution < 1.29 is 4.39 Å². The third-order valence-corrected chi connectivity index (χ3v) is 4.66. The monoisotopic (exact) mass is 322 g/mol. The molecule has 2 aromatic heterocycles. The van der Waals surface area contributed by atoms with E-state index in [-0.39, 0.29) is 5.82 Å². The molecule has 122 valence electrons. The minimum atomic E-state index is -0.257. The fourth-order valence-electron chi connectivity index (χ4n) is 3.31. The van der Waals surface area contributed by atoms with Gasteiger partial charge in [0.1, 0.15) is 11.7 Å². The number of aromatic nitrogens is 2. The van der Waals surface area contributed by atoms with Crippen LogP contribution in [0.25, 0.3) is 10.9 Å². The van der Waals surface area contributed by atoms with E-state index in [0.29, 0.717) is 23.5 Å². The average molecular weight is 322 g/mol. The Hall–Kier alpha value is -2.69. The molecule has 0 amide bonds. The first-order valence-electron chi connectivity index (χ1n) is 8.23. The Morgan fingerprint density at radius 1 is 1.17 bits per heavy atom. The number of hydrogen-bond acceptors (Lipinski definition) is 2. The molecular formula is C19H19FN4. The van der Waals surface area contributed by atoms with E-state index in [1.165, 1.54) is 6.07 Å². The molecule has 4 rings (SSSR count). The molecule has 0 radical (unpaired) electrons. The molecule has 0 spiro atoms. The van der Waals surface area contributed by atoms with Crippen LogP contribution in [0.1, 0.15) is 24.0 Å². The van der Waals surface area contributed by atoms with Crippen molar-refractivity contribution in [1.29, 1.82) is 5.41 Å². The van der Waals surface area contributed by atoms with Gasteiger partial charge in [0.25, 0.3) is 0 Å². The average Bonchev–Trinajstić information content (AvgIpc) is 3.26. The summed E-state index contributed by atoms with van der Waals surface area (Å²) in [5.74, 6) is 0.169. The van der Waals surface area contributed by atoms with E-state index in [2.05, 4.69) is 4.98 Å². The summed E-state index contributed by atoms with van der Waals surface area (Å²) in [6, 6.07) is 9.06. The Morgan fingerprint density at radius 2 is 2.00 bits per heavy atom. The second-order valence-corrected chi connectivity index (χ2v) is 6.23. The molecule has 1 fully saturated rings. The molecule has 0 bridgehead atoms. The van der Waals surface area contributed by atoms with Crippen LogP contribution in [0.3, 0.4) is 0 Å². The third-order valence-electron chi connectivity index (χ3n) is 4.66. The van der Waals surface area contributed by atoms with Gasteiger partial charge in [0, 0.05) is 48.2 Å². The quantitative estimate of drug-likeness (QED) is 0.591. The van der Waals surface area contributed by atoms with E-state index in [0.717, 1.165) is 36.8 Å². The number of nitrogens with one attached hydrogen (secondary N) is 1. The van der Waals surface area contributed by atoms with Gasteiger partial charge in [-0.25, -0.2) is 4.39 Å². The Morgan fingerprint density at radius 3 is 2.79 bits per heavy atom. The predicted octanol–water partition coefficient (Wildman–Crippen LogP) is 3.64. The molecule has 4 nitrogen and oxygen atoms in total. The summed E-state index contributed by atoms with van der Waals surface area (Å²) in [5, 5.41) is 9.29. The molecule has 0 atom stereocenters. The molecule has 0 unspecified atom stereocenters. The lowest BCUT2D eigenvalue weighted by molar-refractivity contribution is 0.516. The maximum Gasteiger partial charge on any atom is 0.128 e. The Bertz CT molecular complexity index is 893. The smallest absolute Gasteiger partial charge is 0.128 e. The summed E-state index contributed by atoms with van der Waals surface area (Å²) in [4.78, 5) is 6.12. The van der Waals surface area contributed by atoms with Crippen molar-refractivity contribution in [1.82, 2.24) is 14.5 Å². The molecular weight excluding hydrogens is 303 g/mol. The van der Waals surface area contributed by atoms with E-state index in [1.54, 1.807) is 12.3 Å². The van der Waals surface area contributed by atoms with Crippen LogP contribution in [0.15, 0.2) is 48.9 Å². The number of hydrogen-bond donors (Lipinski definition) is 1. The highest BCUT2D eigenvalue weighted by atomic mass is 19.1. The van der Waals surface area contributed by atoms with Gasteiger partial charge < -0.3 is 9.47 Å². The molecule has 3 aromatic rings. The standard InChI is InChI=1S/C19H19FN4/c20-17-11-14(19(21)23-8-1-2-9-23)3-4-16(17)13-24-10-6-15-12-22-7-5-18(15)24/h3-7,10-12,21H,1-2,8-9,13H2. The zero-order chi connectivity index (χ0) is 16.5. The van der Waals surface area contributed by atoms with Crippen LogP contribution in [-0.4, -0.2) is 33.4 Å². The molecule has 3 heterocycles. The summed E-state index contributed by atoms with van der Waals surface area (Å²) >= 11 is 0. The van der Waals surface area contributed by atoms with Crippen molar-refractivity contribution in [3.8, 4) is 0 Å². The highest BCUT2D eigenvalue weighted by Gasteiger charge is 2.17. The fourth-order valence-corrected chi connectivity index (χ4v) is 3.31. The maximum atomic E-state index is 14.5. The van der Waals surface area contributed by atoms with Crippen LogP contribution >= 0.6 is 0 Å². The van der Waals surface area contributed by atoms with Crippen LogP contribution in [0.4, 0.5) is 4.39 Å². The highest BCUT2D eigenvalue weighted by molar-refractivity contribution is 5.96. The van der Waals surface area contributed by atoms with Crippen LogP contribution in [-0.2, 0) is 6.54 Å².